The zero-order valence-electron chi connectivity index (χ0n) is 16.3. The van der Waals surface area contributed by atoms with Gasteiger partial charge < -0.3 is 5.32 Å². The molecule has 0 saturated heterocycles. The minimum atomic E-state index is -0.668. The number of nitro groups is 1. The first-order chi connectivity index (χ1) is 13.8. The van der Waals surface area contributed by atoms with Gasteiger partial charge in [-0.1, -0.05) is 30.7 Å². The van der Waals surface area contributed by atoms with Gasteiger partial charge in [0.15, 0.2) is 0 Å². The van der Waals surface area contributed by atoms with Gasteiger partial charge in [0.25, 0.3) is 0 Å². The first kappa shape index (κ1) is 20.5. The van der Waals surface area contributed by atoms with Crippen molar-refractivity contribution in [3.63, 3.8) is 0 Å². The van der Waals surface area contributed by atoms with Crippen LogP contribution in [-0.4, -0.2) is 30.4 Å². The fourth-order valence-corrected chi connectivity index (χ4v) is 3.34. The standard InChI is InChI=1S/C19H21ClN6O3/c1-4-17(25-11-16(9-21-25)26(28)29)19(27)22-18-12(2)23-24(13(18)3)10-14-6-5-7-15(20)8-14/h5-9,11,17H,4,10H2,1-3H3,(H,22,27). The van der Waals surface area contributed by atoms with Crippen molar-refractivity contribution in [2.75, 3.05) is 5.32 Å². The highest BCUT2D eigenvalue weighted by Crippen LogP contribution is 2.24. The summed E-state index contributed by atoms with van der Waals surface area (Å²) in [6, 6.07) is 6.84. The maximum absolute atomic E-state index is 12.8. The molecule has 1 aromatic carbocycles. The molecule has 29 heavy (non-hydrogen) atoms. The fraction of sp³-hybridized carbons (Fsp3) is 0.316. The first-order valence-corrected chi connectivity index (χ1v) is 9.45. The lowest BCUT2D eigenvalue weighted by molar-refractivity contribution is -0.385. The van der Waals surface area contributed by atoms with Crippen molar-refractivity contribution in [1.82, 2.24) is 19.6 Å². The van der Waals surface area contributed by atoms with Crippen molar-refractivity contribution in [3.8, 4) is 0 Å². The smallest absolute Gasteiger partial charge is 0.307 e. The quantitative estimate of drug-likeness (QED) is 0.464. The van der Waals surface area contributed by atoms with E-state index in [9.17, 15) is 14.9 Å². The lowest BCUT2D eigenvalue weighted by Gasteiger charge is -2.15. The van der Waals surface area contributed by atoms with E-state index in [-0.39, 0.29) is 11.6 Å². The largest absolute Gasteiger partial charge is 0.321 e. The topological polar surface area (TPSA) is 108 Å². The number of hydrogen-bond donors (Lipinski definition) is 1. The van der Waals surface area contributed by atoms with Gasteiger partial charge in [0.2, 0.25) is 5.91 Å². The van der Waals surface area contributed by atoms with Gasteiger partial charge in [0.05, 0.1) is 28.5 Å². The number of aryl methyl sites for hydroxylation is 1. The minimum Gasteiger partial charge on any atom is -0.321 e. The Morgan fingerprint density at radius 1 is 1.38 bits per heavy atom. The summed E-state index contributed by atoms with van der Waals surface area (Å²) in [6.45, 7) is 6.03. The maximum atomic E-state index is 12.8. The molecule has 0 radical (unpaired) electrons. The molecule has 0 aliphatic carbocycles. The number of aromatic nitrogens is 4. The summed E-state index contributed by atoms with van der Waals surface area (Å²) in [5.74, 6) is -0.306. The van der Waals surface area contributed by atoms with Crippen molar-refractivity contribution in [1.29, 1.82) is 0 Å². The summed E-state index contributed by atoms with van der Waals surface area (Å²) in [7, 11) is 0. The number of nitrogens with one attached hydrogen (secondary N) is 1. The average molecular weight is 417 g/mol. The van der Waals surface area contributed by atoms with Gasteiger partial charge in [-0.3, -0.25) is 24.3 Å². The van der Waals surface area contributed by atoms with Crippen LogP contribution in [0.1, 0.15) is 36.3 Å². The second-order valence-corrected chi connectivity index (χ2v) is 7.12. The number of benzene rings is 1. The highest BCUT2D eigenvalue weighted by Gasteiger charge is 2.24. The van der Waals surface area contributed by atoms with E-state index in [0.29, 0.717) is 29.4 Å². The fourth-order valence-electron chi connectivity index (χ4n) is 3.13. The number of rotatable bonds is 7. The van der Waals surface area contributed by atoms with Crippen LogP contribution >= 0.6 is 11.6 Å². The van der Waals surface area contributed by atoms with Gasteiger partial charge in [-0.25, -0.2) is 0 Å². The molecule has 0 aliphatic heterocycles. The highest BCUT2D eigenvalue weighted by atomic mass is 35.5. The van der Waals surface area contributed by atoms with Crippen LogP contribution < -0.4 is 5.32 Å². The predicted molar refractivity (Wildman–Crippen MR) is 109 cm³/mol. The molecule has 2 aromatic heterocycles. The summed E-state index contributed by atoms with van der Waals surface area (Å²) in [5, 5.41) is 22.9. The van der Waals surface area contributed by atoms with Crippen LogP contribution in [0.2, 0.25) is 5.02 Å². The zero-order valence-corrected chi connectivity index (χ0v) is 17.1. The van der Waals surface area contributed by atoms with Crippen molar-refractivity contribution >= 4 is 28.9 Å². The highest BCUT2D eigenvalue weighted by molar-refractivity contribution is 6.30. The molecule has 0 aliphatic rings. The second-order valence-electron chi connectivity index (χ2n) is 6.68. The van der Waals surface area contributed by atoms with Crippen LogP contribution in [0.4, 0.5) is 11.4 Å². The van der Waals surface area contributed by atoms with Crippen molar-refractivity contribution in [3.05, 3.63) is 68.7 Å². The van der Waals surface area contributed by atoms with Gasteiger partial charge in [0.1, 0.15) is 18.4 Å². The SMILES string of the molecule is CCC(C(=O)Nc1c(C)nn(Cc2cccc(Cl)c2)c1C)n1cc([N+](=O)[O-])cn1. The molecule has 1 N–H and O–H groups in total. The number of nitrogens with zero attached hydrogens (tertiary/aromatic N) is 5. The summed E-state index contributed by atoms with van der Waals surface area (Å²) in [4.78, 5) is 23.2. The number of hydrogen-bond acceptors (Lipinski definition) is 5. The van der Waals surface area contributed by atoms with Crippen LogP contribution in [0.5, 0.6) is 0 Å². The Hall–Kier alpha value is -3.20. The number of amides is 1. The monoisotopic (exact) mass is 416 g/mol. The van der Waals surface area contributed by atoms with E-state index in [1.54, 1.807) is 4.68 Å². The molecule has 2 heterocycles. The molecule has 1 amide bonds. The maximum Gasteiger partial charge on any atom is 0.307 e. The summed E-state index contributed by atoms with van der Waals surface area (Å²) in [6.07, 6.45) is 2.82. The van der Waals surface area contributed by atoms with Crippen LogP contribution in [-0.2, 0) is 11.3 Å². The van der Waals surface area contributed by atoms with E-state index in [1.807, 2.05) is 45.0 Å². The molecule has 0 bridgehead atoms. The summed E-state index contributed by atoms with van der Waals surface area (Å²) >= 11 is 6.05. The van der Waals surface area contributed by atoms with Crippen LogP contribution in [0, 0.1) is 24.0 Å². The molecule has 10 heteroatoms. The molecule has 152 valence electrons. The van der Waals surface area contributed by atoms with E-state index in [0.717, 1.165) is 17.5 Å². The Labute approximate surface area is 172 Å². The third-order valence-corrected chi connectivity index (χ3v) is 4.89. The van der Waals surface area contributed by atoms with Gasteiger partial charge in [-0.05, 0) is 38.0 Å². The van der Waals surface area contributed by atoms with E-state index in [2.05, 4.69) is 15.5 Å². The molecular formula is C19H21ClN6O3. The zero-order chi connectivity index (χ0) is 21.1. The molecule has 3 aromatic rings. The first-order valence-electron chi connectivity index (χ1n) is 9.08. The number of carbonyl (C=O) groups excluding carboxylic acids is 1. The normalized spacial score (nSPS) is 12.0. The molecule has 0 saturated carbocycles. The molecule has 9 nitrogen and oxygen atoms in total. The molecule has 0 spiro atoms. The van der Waals surface area contributed by atoms with E-state index < -0.39 is 11.0 Å². The van der Waals surface area contributed by atoms with E-state index in [4.69, 9.17) is 11.6 Å². The Balaban J connectivity index is 1.80. The average Bonchev–Trinajstić information content (AvgIpc) is 3.24. The van der Waals surface area contributed by atoms with Crippen molar-refractivity contribution in [2.45, 2.75) is 39.8 Å². The molecule has 0 fully saturated rings. The third kappa shape index (κ3) is 4.45. The summed E-state index contributed by atoms with van der Waals surface area (Å²) in [5.41, 5.74) is 2.95. The Bertz CT molecular complexity index is 1060. The number of anilines is 1. The van der Waals surface area contributed by atoms with Gasteiger partial charge in [-0.15, -0.1) is 0 Å². The molecule has 3 rings (SSSR count). The van der Waals surface area contributed by atoms with Gasteiger partial charge >= 0.3 is 5.69 Å². The van der Waals surface area contributed by atoms with Crippen LogP contribution in [0.15, 0.2) is 36.7 Å². The Kier molecular flexibility index (Phi) is 5.97. The van der Waals surface area contributed by atoms with Crippen LogP contribution in [0.3, 0.4) is 0 Å². The van der Waals surface area contributed by atoms with Crippen molar-refractivity contribution in [2.24, 2.45) is 0 Å². The number of carbonyl (C=O) groups is 1. The molecular weight excluding hydrogens is 396 g/mol. The van der Waals surface area contributed by atoms with Gasteiger partial charge in [0, 0.05) is 5.02 Å². The van der Waals surface area contributed by atoms with Crippen LogP contribution in [0.25, 0.3) is 0 Å². The second kappa shape index (κ2) is 8.44. The van der Waals surface area contributed by atoms with Gasteiger partial charge in [-0.2, -0.15) is 10.2 Å². The Morgan fingerprint density at radius 3 is 2.76 bits per heavy atom. The van der Waals surface area contributed by atoms with Crippen molar-refractivity contribution < 1.29 is 9.72 Å². The van der Waals surface area contributed by atoms with E-state index >= 15 is 0 Å². The lowest BCUT2D eigenvalue weighted by Crippen LogP contribution is -2.26. The number of halogens is 1. The molecule has 1 atom stereocenters. The predicted octanol–water partition coefficient (Wildman–Crippen LogP) is 3.90. The minimum absolute atomic E-state index is 0.155. The third-order valence-electron chi connectivity index (χ3n) is 4.66. The molecule has 1 unspecified atom stereocenters. The van der Waals surface area contributed by atoms with E-state index in [1.165, 1.54) is 10.9 Å². The summed E-state index contributed by atoms with van der Waals surface area (Å²) < 4.78 is 3.12. The Morgan fingerprint density at radius 2 is 2.14 bits per heavy atom. The lowest BCUT2D eigenvalue weighted by atomic mass is 10.2.